The Labute approximate surface area is 114 Å². The van der Waals surface area contributed by atoms with Gasteiger partial charge in [0, 0.05) is 0 Å². The number of aromatic nitrogens is 1. The normalized spacial score (nSPS) is 10.1. The largest absolute Gasteiger partial charge is 0.461 e. The molecular formula is C12H11ClN2O2S. The van der Waals surface area contributed by atoms with Gasteiger partial charge >= 0.3 is 5.97 Å². The number of para-hydroxylation sites is 1. The molecule has 2 rings (SSSR count). The lowest BCUT2D eigenvalue weighted by atomic mass is 10.3. The summed E-state index contributed by atoms with van der Waals surface area (Å²) in [6.45, 7) is 2.08. The summed E-state index contributed by atoms with van der Waals surface area (Å²) in [5.41, 5.74) is 2.60. The summed E-state index contributed by atoms with van der Waals surface area (Å²) >= 11 is 7.37. The minimum Gasteiger partial charge on any atom is -0.461 e. The van der Waals surface area contributed by atoms with E-state index in [9.17, 15) is 4.79 Å². The third kappa shape index (κ3) is 2.80. The Balaban J connectivity index is 2.23. The molecule has 4 nitrogen and oxygen atoms in total. The van der Waals surface area contributed by atoms with Gasteiger partial charge in [-0.05, 0) is 19.1 Å². The SMILES string of the molecule is CCOC(=O)c1ncsc1Nc1ccccc1Cl. The molecule has 0 fully saturated rings. The highest BCUT2D eigenvalue weighted by molar-refractivity contribution is 7.14. The van der Waals surface area contributed by atoms with Crippen molar-refractivity contribution in [2.45, 2.75) is 6.92 Å². The van der Waals surface area contributed by atoms with Crippen LogP contribution < -0.4 is 5.32 Å². The fourth-order valence-electron chi connectivity index (χ4n) is 1.36. The van der Waals surface area contributed by atoms with E-state index in [2.05, 4.69) is 10.3 Å². The van der Waals surface area contributed by atoms with E-state index >= 15 is 0 Å². The number of halogens is 1. The van der Waals surface area contributed by atoms with Gasteiger partial charge < -0.3 is 10.1 Å². The monoisotopic (exact) mass is 282 g/mol. The molecule has 0 bridgehead atoms. The number of rotatable bonds is 4. The third-order valence-corrected chi connectivity index (χ3v) is 3.23. The molecule has 0 aliphatic heterocycles. The lowest BCUT2D eigenvalue weighted by molar-refractivity contribution is 0.0521. The second kappa shape index (κ2) is 5.84. The number of esters is 1. The lowest BCUT2D eigenvalue weighted by Crippen LogP contribution is -2.07. The summed E-state index contributed by atoms with van der Waals surface area (Å²) in [4.78, 5) is 15.6. The van der Waals surface area contributed by atoms with E-state index in [-0.39, 0.29) is 5.69 Å². The van der Waals surface area contributed by atoms with Crippen LogP contribution in [0, 0.1) is 0 Å². The van der Waals surface area contributed by atoms with E-state index in [1.807, 2.05) is 18.2 Å². The molecule has 1 N–H and O–H groups in total. The lowest BCUT2D eigenvalue weighted by Gasteiger charge is -2.07. The van der Waals surface area contributed by atoms with E-state index in [0.717, 1.165) is 5.69 Å². The van der Waals surface area contributed by atoms with Gasteiger partial charge in [0.05, 0.1) is 22.8 Å². The maximum Gasteiger partial charge on any atom is 0.360 e. The number of nitrogens with one attached hydrogen (secondary N) is 1. The third-order valence-electron chi connectivity index (χ3n) is 2.16. The number of ether oxygens (including phenoxy) is 1. The molecule has 6 heteroatoms. The molecule has 1 aromatic heterocycles. The topological polar surface area (TPSA) is 51.2 Å². The van der Waals surface area contributed by atoms with Crippen molar-refractivity contribution in [2.75, 3.05) is 11.9 Å². The molecule has 0 aliphatic carbocycles. The Morgan fingerprint density at radius 2 is 2.28 bits per heavy atom. The molecule has 0 aliphatic rings. The van der Waals surface area contributed by atoms with Crippen LogP contribution in [0.5, 0.6) is 0 Å². The molecule has 18 heavy (non-hydrogen) atoms. The number of anilines is 2. The first-order valence-corrected chi connectivity index (χ1v) is 6.60. The van der Waals surface area contributed by atoms with Crippen LogP contribution in [0.25, 0.3) is 0 Å². The van der Waals surface area contributed by atoms with Gasteiger partial charge in [-0.25, -0.2) is 9.78 Å². The number of nitrogens with zero attached hydrogens (tertiary/aromatic N) is 1. The van der Waals surface area contributed by atoms with E-state index in [1.165, 1.54) is 11.3 Å². The van der Waals surface area contributed by atoms with Gasteiger partial charge in [-0.15, -0.1) is 11.3 Å². The maximum atomic E-state index is 11.7. The van der Waals surface area contributed by atoms with Crippen LogP contribution in [0.15, 0.2) is 29.8 Å². The quantitative estimate of drug-likeness (QED) is 0.869. The second-order valence-corrected chi connectivity index (χ2v) is 4.62. The molecule has 2 aromatic rings. The Morgan fingerprint density at radius 1 is 1.50 bits per heavy atom. The first-order chi connectivity index (χ1) is 8.72. The van der Waals surface area contributed by atoms with Crippen molar-refractivity contribution in [1.82, 2.24) is 4.98 Å². The van der Waals surface area contributed by atoms with E-state index < -0.39 is 5.97 Å². The summed E-state index contributed by atoms with van der Waals surface area (Å²) < 4.78 is 4.93. The van der Waals surface area contributed by atoms with Crippen molar-refractivity contribution in [3.05, 3.63) is 40.5 Å². The number of carbonyl (C=O) groups is 1. The average molecular weight is 283 g/mol. The standard InChI is InChI=1S/C12H11ClN2O2S/c1-2-17-12(16)10-11(18-7-14-10)15-9-6-4-3-5-8(9)13/h3-7,15H,2H2,1H3. The molecule has 0 spiro atoms. The van der Waals surface area contributed by atoms with Crippen LogP contribution in [0.4, 0.5) is 10.7 Å². The highest BCUT2D eigenvalue weighted by atomic mass is 35.5. The van der Waals surface area contributed by atoms with Gasteiger partial charge in [-0.3, -0.25) is 0 Å². The molecule has 0 saturated heterocycles. The van der Waals surface area contributed by atoms with Crippen LogP contribution in [0.3, 0.4) is 0 Å². The number of hydrogen-bond donors (Lipinski definition) is 1. The van der Waals surface area contributed by atoms with E-state index in [4.69, 9.17) is 16.3 Å². The van der Waals surface area contributed by atoms with Gasteiger partial charge in [0.25, 0.3) is 0 Å². The van der Waals surface area contributed by atoms with Gasteiger partial charge in [0.2, 0.25) is 0 Å². The number of hydrogen-bond acceptors (Lipinski definition) is 5. The molecule has 0 atom stereocenters. The highest BCUT2D eigenvalue weighted by Crippen LogP contribution is 2.29. The molecule has 0 amide bonds. The number of thiazole rings is 1. The maximum absolute atomic E-state index is 11.7. The molecule has 1 heterocycles. The van der Waals surface area contributed by atoms with Crippen LogP contribution in [0.1, 0.15) is 17.4 Å². The molecular weight excluding hydrogens is 272 g/mol. The second-order valence-electron chi connectivity index (χ2n) is 3.36. The minimum atomic E-state index is -0.437. The zero-order valence-electron chi connectivity index (χ0n) is 9.64. The summed E-state index contributed by atoms with van der Waals surface area (Å²) in [5.74, 6) is -0.437. The Hall–Kier alpha value is -1.59. The van der Waals surface area contributed by atoms with E-state index in [1.54, 1.807) is 18.5 Å². The van der Waals surface area contributed by atoms with Crippen molar-refractivity contribution >= 4 is 39.6 Å². The van der Waals surface area contributed by atoms with Crippen LogP contribution in [0.2, 0.25) is 5.02 Å². The van der Waals surface area contributed by atoms with Crippen molar-refractivity contribution in [2.24, 2.45) is 0 Å². The highest BCUT2D eigenvalue weighted by Gasteiger charge is 2.16. The number of carbonyl (C=O) groups excluding carboxylic acids is 1. The summed E-state index contributed by atoms with van der Waals surface area (Å²) in [5, 5.41) is 4.29. The van der Waals surface area contributed by atoms with Gasteiger partial charge in [-0.1, -0.05) is 23.7 Å². The first kappa shape index (κ1) is 12.9. The number of benzene rings is 1. The van der Waals surface area contributed by atoms with Gasteiger partial charge in [0.1, 0.15) is 5.00 Å². The Kier molecular flexibility index (Phi) is 4.17. The molecule has 1 aromatic carbocycles. The fourth-order valence-corrected chi connectivity index (χ4v) is 2.23. The molecule has 0 radical (unpaired) electrons. The van der Waals surface area contributed by atoms with E-state index in [0.29, 0.717) is 16.6 Å². The first-order valence-electron chi connectivity index (χ1n) is 5.34. The summed E-state index contributed by atoms with van der Waals surface area (Å²) in [7, 11) is 0. The van der Waals surface area contributed by atoms with Gasteiger partial charge in [-0.2, -0.15) is 0 Å². The molecule has 0 unspecified atom stereocenters. The van der Waals surface area contributed by atoms with Crippen LogP contribution in [-0.4, -0.2) is 17.6 Å². The van der Waals surface area contributed by atoms with Gasteiger partial charge in [0.15, 0.2) is 5.69 Å². The van der Waals surface area contributed by atoms with Crippen molar-refractivity contribution in [1.29, 1.82) is 0 Å². The Bertz CT molecular complexity index is 557. The minimum absolute atomic E-state index is 0.279. The zero-order chi connectivity index (χ0) is 13.0. The van der Waals surface area contributed by atoms with Crippen LogP contribution in [-0.2, 0) is 4.74 Å². The predicted octanol–water partition coefficient (Wildman–Crippen LogP) is 3.72. The summed E-state index contributed by atoms with van der Waals surface area (Å²) in [6, 6.07) is 7.30. The van der Waals surface area contributed by atoms with Crippen molar-refractivity contribution in [3.63, 3.8) is 0 Å². The average Bonchev–Trinajstić information content (AvgIpc) is 2.81. The predicted molar refractivity (Wildman–Crippen MR) is 72.8 cm³/mol. The molecule has 94 valence electrons. The zero-order valence-corrected chi connectivity index (χ0v) is 11.2. The van der Waals surface area contributed by atoms with Crippen molar-refractivity contribution in [3.8, 4) is 0 Å². The molecule has 0 saturated carbocycles. The Morgan fingerprint density at radius 3 is 3.00 bits per heavy atom. The smallest absolute Gasteiger partial charge is 0.360 e. The summed E-state index contributed by atoms with van der Waals surface area (Å²) in [6.07, 6.45) is 0. The fraction of sp³-hybridized carbons (Fsp3) is 0.167. The van der Waals surface area contributed by atoms with Crippen molar-refractivity contribution < 1.29 is 9.53 Å². The van der Waals surface area contributed by atoms with Crippen LogP contribution >= 0.6 is 22.9 Å².